The zero-order valence-corrected chi connectivity index (χ0v) is 13.0. The van der Waals surface area contributed by atoms with Crippen LogP contribution in [0.2, 0.25) is 0 Å². The number of nitrogens with zero attached hydrogens (tertiary/aromatic N) is 4. The molecule has 0 saturated carbocycles. The van der Waals surface area contributed by atoms with Crippen LogP contribution in [-0.4, -0.2) is 37.3 Å². The SMILES string of the molecule is Cc1cccc(O)c1-c1nccc(-c2cc3n(n2)CCNC3=O)n1. The maximum atomic E-state index is 11.9. The first-order valence-electron chi connectivity index (χ1n) is 7.62. The molecule has 2 N–H and O–H groups in total. The van der Waals surface area contributed by atoms with Gasteiger partial charge in [-0.25, -0.2) is 9.97 Å². The van der Waals surface area contributed by atoms with Crippen molar-refractivity contribution in [3.8, 4) is 28.5 Å². The number of amides is 1. The van der Waals surface area contributed by atoms with Gasteiger partial charge in [0.1, 0.15) is 17.1 Å². The van der Waals surface area contributed by atoms with Crippen LogP contribution < -0.4 is 5.32 Å². The van der Waals surface area contributed by atoms with E-state index in [2.05, 4.69) is 20.4 Å². The first-order valence-corrected chi connectivity index (χ1v) is 7.62. The van der Waals surface area contributed by atoms with E-state index in [4.69, 9.17) is 0 Å². The Labute approximate surface area is 138 Å². The van der Waals surface area contributed by atoms with E-state index in [9.17, 15) is 9.90 Å². The Morgan fingerprint density at radius 2 is 2.12 bits per heavy atom. The van der Waals surface area contributed by atoms with Gasteiger partial charge in [-0.3, -0.25) is 9.48 Å². The van der Waals surface area contributed by atoms with E-state index in [0.29, 0.717) is 41.6 Å². The second-order valence-electron chi connectivity index (χ2n) is 5.63. The summed E-state index contributed by atoms with van der Waals surface area (Å²) in [5, 5.41) is 17.4. The predicted molar refractivity (Wildman–Crippen MR) is 87.4 cm³/mol. The van der Waals surface area contributed by atoms with Gasteiger partial charge < -0.3 is 10.4 Å². The lowest BCUT2D eigenvalue weighted by molar-refractivity contribution is 0.0924. The molecule has 24 heavy (non-hydrogen) atoms. The Morgan fingerprint density at radius 3 is 2.92 bits per heavy atom. The Bertz CT molecular complexity index is 928. The molecule has 0 atom stereocenters. The van der Waals surface area contributed by atoms with Gasteiger partial charge in [0, 0.05) is 12.7 Å². The summed E-state index contributed by atoms with van der Waals surface area (Å²) in [6, 6.07) is 8.74. The van der Waals surface area contributed by atoms with Crippen LogP contribution in [0.15, 0.2) is 36.5 Å². The number of fused-ring (bicyclic) bond motifs is 1. The van der Waals surface area contributed by atoms with Crippen molar-refractivity contribution >= 4 is 5.91 Å². The van der Waals surface area contributed by atoms with Crippen molar-refractivity contribution in [3.63, 3.8) is 0 Å². The van der Waals surface area contributed by atoms with E-state index in [1.165, 1.54) is 0 Å². The zero-order chi connectivity index (χ0) is 16.7. The molecule has 0 bridgehead atoms. The molecule has 3 heterocycles. The van der Waals surface area contributed by atoms with Crippen LogP contribution in [0.1, 0.15) is 16.1 Å². The second kappa shape index (κ2) is 5.45. The lowest BCUT2D eigenvalue weighted by Gasteiger charge is -2.13. The topological polar surface area (TPSA) is 92.9 Å². The molecule has 7 nitrogen and oxygen atoms in total. The third-order valence-electron chi connectivity index (χ3n) is 4.01. The standard InChI is InChI=1S/C17H15N5O2/c1-10-3-2-4-14(23)15(10)16-18-6-5-11(20-16)12-9-13-17(24)19-7-8-22(13)21-12/h2-6,9,23H,7-8H2,1H3,(H,19,24). The first kappa shape index (κ1) is 14.4. The van der Waals surface area contributed by atoms with Crippen molar-refractivity contribution in [1.82, 2.24) is 25.1 Å². The fourth-order valence-electron chi connectivity index (χ4n) is 2.83. The third-order valence-corrected chi connectivity index (χ3v) is 4.01. The molecule has 0 saturated heterocycles. The van der Waals surface area contributed by atoms with Crippen molar-refractivity contribution in [1.29, 1.82) is 0 Å². The molecular weight excluding hydrogens is 306 g/mol. The first-order chi connectivity index (χ1) is 11.6. The molecule has 1 aliphatic rings. The molecule has 1 aliphatic heterocycles. The van der Waals surface area contributed by atoms with E-state index in [0.717, 1.165) is 5.56 Å². The average Bonchev–Trinajstić information content (AvgIpc) is 3.01. The highest BCUT2D eigenvalue weighted by Gasteiger charge is 2.21. The molecule has 0 radical (unpaired) electrons. The van der Waals surface area contributed by atoms with Crippen LogP contribution >= 0.6 is 0 Å². The smallest absolute Gasteiger partial charge is 0.269 e. The minimum Gasteiger partial charge on any atom is -0.507 e. The normalized spacial score (nSPS) is 13.5. The molecule has 0 aliphatic carbocycles. The summed E-state index contributed by atoms with van der Waals surface area (Å²) in [5.74, 6) is 0.431. The van der Waals surface area contributed by atoms with Gasteiger partial charge in [0.05, 0.1) is 17.8 Å². The van der Waals surface area contributed by atoms with Crippen LogP contribution in [-0.2, 0) is 6.54 Å². The number of nitrogens with one attached hydrogen (secondary N) is 1. The zero-order valence-electron chi connectivity index (χ0n) is 13.0. The summed E-state index contributed by atoms with van der Waals surface area (Å²) in [7, 11) is 0. The Morgan fingerprint density at radius 1 is 1.25 bits per heavy atom. The number of aryl methyl sites for hydroxylation is 1. The number of hydrogen-bond donors (Lipinski definition) is 2. The van der Waals surface area contributed by atoms with Gasteiger partial charge in [0.2, 0.25) is 0 Å². The summed E-state index contributed by atoms with van der Waals surface area (Å²) in [6.45, 7) is 3.10. The molecule has 7 heteroatoms. The molecule has 1 amide bonds. The van der Waals surface area contributed by atoms with Crippen LogP contribution in [0.25, 0.3) is 22.8 Å². The minimum absolute atomic E-state index is 0.133. The quantitative estimate of drug-likeness (QED) is 0.750. The van der Waals surface area contributed by atoms with Gasteiger partial charge in [-0.1, -0.05) is 12.1 Å². The minimum atomic E-state index is -0.133. The van der Waals surface area contributed by atoms with Crippen LogP contribution in [0, 0.1) is 6.92 Å². The van der Waals surface area contributed by atoms with Gasteiger partial charge in [-0.15, -0.1) is 0 Å². The molecule has 0 fully saturated rings. The number of phenols is 1. The van der Waals surface area contributed by atoms with Crippen molar-refractivity contribution in [2.24, 2.45) is 0 Å². The summed E-state index contributed by atoms with van der Waals surface area (Å²) < 4.78 is 1.68. The highest BCUT2D eigenvalue weighted by atomic mass is 16.3. The molecular formula is C17H15N5O2. The van der Waals surface area contributed by atoms with Crippen LogP contribution in [0.5, 0.6) is 5.75 Å². The summed E-state index contributed by atoms with van der Waals surface area (Å²) in [4.78, 5) is 20.7. The molecule has 3 aromatic rings. The molecule has 1 aromatic carbocycles. The lowest BCUT2D eigenvalue weighted by atomic mass is 10.1. The average molecular weight is 321 g/mol. The van der Waals surface area contributed by atoms with Crippen molar-refractivity contribution in [2.75, 3.05) is 6.54 Å². The fraction of sp³-hybridized carbons (Fsp3) is 0.176. The maximum absolute atomic E-state index is 11.9. The van der Waals surface area contributed by atoms with Gasteiger partial charge in [-0.05, 0) is 30.7 Å². The van der Waals surface area contributed by atoms with Crippen molar-refractivity contribution in [2.45, 2.75) is 13.5 Å². The highest BCUT2D eigenvalue weighted by molar-refractivity contribution is 5.94. The summed E-state index contributed by atoms with van der Waals surface area (Å²) >= 11 is 0. The largest absolute Gasteiger partial charge is 0.507 e. The fourth-order valence-corrected chi connectivity index (χ4v) is 2.83. The monoisotopic (exact) mass is 321 g/mol. The maximum Gasteiger partial charge on any atom is 0.269 e. The number of aromatic hydroxyl groups is 1. The van der Waals surface area contributed by atoms with Crippen LogP contribution in [0.3, 0.4) is 0 Å². The van der Waals surface area contributed by atoms with Gasteiger partial charge in [-0.2, -0.15) is 5.10 Å². The van der Waals surface area contributed by atoms with Crippen molar-refractivity contribution < 1.29 is 9.90 Å². The Hall–Kier alpha value is -3.22. The number of aromatic nitrogens is 4. The van der Waals surface area contributed by atoms with Crippen LogP contribution in [0.4, 0.5) is 0 Å². The van der Waals surface area contributed by atoms with Gasteiger partial charge >= 0.3 is 0 Å². The molecule has 2 aromatic heterocycles. The predicted octanol–water partition coefficient (Wildman–Crippen LogP) is 1.76. The molecule has 120 valence electrons. The van der Waals surface area contributed by atoms with E-state index < -0.39 is 0 Å². The summed E-state index contributed by atoms with van der Waals surface area (Å²) in [6.07, 6.45) is 1.63. The number of hydrogen-bond acceptors (Lipinski definition) is 5. The number of rotatable bonds is 2. The van der Waals surface area contributed by atoms with E-state index in [-0.39, 0.29) is 11.7 Å². The molecule has 0 spiro atoms. The van der Waals surface area contributed by atoms with E-state index in [1.807, 2.05) is 13.0 Å². The van der Waals surface area contributed by atoms with E-state index >= 15 is 0 Å². The second-order valence-corrected chi connectivity index (χ2v) is 5.63. The Balaban J connectivity index is 1.80. The summed E-state index contributed by atoms with van der Waals surface area (Å²) in [5.41, 5.74) is 3.23. The van der Waals surface area contributed by atoms with E-state index in [1.54, 1.807) is 35.1 Å². The highest BCUT2D eigenvalue weighted by Crippen LogP contribution is 2.30. The molecule has 4 rings (SSSR count). The van der Waals surface area contributed by atoms with Gasteiger partial charge in [0.15, 0.2) is 5.82 Å². The lowest BCUT2D eigenvalue weighted by Crippen LogP contribution is -2.35. The Kier molecular flexibility index (Phi) is 3.26. The number of carbonyl (C=O) groups excluding carboxylic acids is 1. The third kappa shape index (κ3) is 2.30. The number of benzene rings is 1. The van der Waals surface area contributed by atoms with Gasteiger partial charge in [0.25, 0.3) is 5.91 Å². The number of phenolic OH excluding ortho intramolecular Hbond substituents is 1. The number of carbonyl (C=O) groups is 1. The molecule has 0 unspecified atom stereocenters. The van der Waals surface area contributed by atoms with Crippen molar-refractivity contribution in [3.05, 3.63) is 47.8 Å².